The molecule has 0 spiro atoms. The summed E-state index contributed by atoms with van der Waals surface area (Å²) in [5, 5.41) is 3.53. The van der Waals surface area contributed by atoms with Gasteiger partial charge in [0, 0.05) is 25.4 Å². The molecule has 1 aromatic rings. The van der Waals surface area contributed by atoms with E-state index in [1.807, 2.05) is 12.1 Å². The fraction of sp³-hybridized carbons (Fsp3) is 0.600. The van der Waals surface area contributed by atoms with Crippen molar-refractivity contribution < 1.29 is 13.2 Å². The topological polar surface area (TPSA) is 55.4 Å². The molecule has 20 heavy (non-hydrogen) atoms. The van der Waals surface area contributed by atoms with Gasteiger partial charge in [-0.1, -0.05) is 26.0 Å². The predicted molar refractivity (Wildman–Crippen MR) is 79.5 cm³/mol. The molecule has 0 radical (unpaired) electrons. The van der Waals surface area contributed by atoms with Crippen molar-refractivity contribution in [3.8, 4) is 0 Å². The minimum Gasteiger partial charge on any atom is -0.372 e. The van der Waals surface area contributed by atoms with Gasteiger partial charge in [0.1, 0.15) is 0 Å². The maximum Gasteiger partial charge on any atom is 0.175 e. The molecule has 0 aliphatic carbocycles. The Morgan fingerprint density at radius 3 is 2.45 bits per heavy atom. The summed E-state index contributed by atoms with van der Waals surface area (Å²) in [6.07, 6.45) is 2.22. The van der Waals surface area contributed by atoms with Crippen molar-refractivity contribution in [1.29, 1.82) is 0 Å². The van der Waals surface area contributed by atoms with Crippen molar-refractivity contribution in [2.75, 3.05) is 19.4 Å². The summed E-state index contributed by atoms with van der Waals surface area (Å²) in [7, 11) is -3.13. The molecule has 0 aromatic heterocycles. The molecule has 0 amide bonds. The van der Waals surface area contributed by atoms with Crippen LogP contribution >= 0.6 is 0 Å². The average Bonchev–Trinajstić information content (AvgIpc) is 2.63. The van der Waals surface area contributed by atoms with Crippen LogP contribution in [0.1, 0.15) is 31.9 Å². The van der Waals surface area contributed by atoms with Crippen LogP contribution in [0, 0.1) is 5.92 Å². The molecule has 2 rings (SSSR count). The second kappa shape index (κ2) is 6.24. The van der Waals surface area contributed by atoms with Crippen LogP contribution in [-0.2, 0) is 14.6 Å². The van der Waals surface area contributed by atoms with Gasteiger partial charge < -0.3 is 10.1 Å². The monoisotopic (exact) mass is 297 g/mol. The van der Waals surface area contributed by atoms with Gasteiger partial charge in [0.15, 0.2) is 9.84 Å². The van der Waals surface area contributed by atoms with Crippen LogP contribution in [0.25, 0.3) is 0 Å². The summed E-state index contributed by atoms with van der Waals surface area (Å²) < 4.78 is 28.8. The van der Waals surface area contributed by atoms with Crippen LogP contribution in [0.15, 0.2) is 29.2 Å². The Bertz CT molecular complexity index is 537. The summed E-state index contributed by atoms with van der Waals surface area (Å²) in [4.78, 5) is 0.350. The molecule has 112 valence electrons. The van der Waals surface area contributed by atoms with E-state index >= 15 is 0 Å². The number of ether oxygens (including phenoxy) is 1. The molecule has 1 aliphatic rings. The maximum atomic E-state index is 11.4. The van der Waals surface area contributed by atoms with Crippen LogP contribution in [0.5, 0.6) is 0 Å². The Morgan fingerprint density at radius 1 is 1.25 bits per heavy atom. The van der Waals surface area contributed by atoms with Crippen LogP contribution in [0.2, 0.25) is 0 Å². The van der Waals surface area contributed by atoms with E-state index in [-0.39, 0.29) is 6.10 Å². The maximum absolute atomic E-state index is 11.4. The van der Waals surface area contributed by atoms with Crippen molar-refractivity contribution in [2.24, 2.45) is 5.92 Å². The summed E-state index contributed by atoms with van der Waals surface area (Å²) in [6.45, 7) is 5.91. The zero-order valence-corrected chi connectivity index (χ0v) is 13.1. The summed E-state index contributed by atoms with van der Waals surface area (Å²) in [5.74, 6) is 0.588. The molecule has 1 saturated heterocycles. The molecular weight excluding hydrogens is 274 g/mol. The normalized spacial score (nSPS) is 24.6. The molecule has 1 aliphatic heterocycles. The lowest BCUT2D eigenvalue weighted by atomic mass is 10.0. The Kier molecular flexibility index (Phi) is 4.83. The first-order chi connectivity index (χ1) is 9.38. The highest BCUT2D eigenvalue weighted by molar-refractivity contribution is 7.90. The van der Waals surface area contributed by atoms with E-state index in [1.54, 1.807) is 12.1 Å². The number of sulfone groups is 1. The summed E-state index contributed by atoms with van der Waals surface area (Å²) in [6, 6.07) is 7.48. The molecule has 2 unspecified atom stereocenters. The quantitative estimate of drug-likeness (QED) is 0.929. The lowest BCUT2D eigenvalue weighted by molar-refractivity contribution is 0.0660. The lowest BCUT2D eigenvalue weighted by Crippen LogP contribution is -2.34. The van der Waals surface area contributed by atoms with Crippen molar-refractivity contribution in [3.63, 3.8) is 0 Å². The fourth-order valence-corrected chi connectivity index (χ4v) is 3.10. The van der Waals surface area contributed by atoms with Gasteiger partial charge in [-0.25, -0.2) is 8.42 Å². The van der Waals surface area contributed by atoms with Gasteiger partial charge >= 0.3 is 0 Å². The summed E-state index contributed by atoms with van der Waals surface area (Å²) in [5.41, 5.74) is 1.02. The van der Waals surface area contributed by atoms with E-state index < -0.39 is 9.84 Å². The number of hydrogen-bond donors (Lipinski definition) is 1. The van der Waals surface area contributed by atoms with Gasteiger partial charge in [0.25, 0.3) is 0 Å². The lowest BCUT2D eigenvalue weighted by Gasteiger charge is -2.20. The molecule has 0 saturated carbocycles. The van der Waals surface area contributed by atoms with Crippen molar-refractivity contribution in [2.45, 2.75) is 37.3 Å². The van der Waals surface area contributed by atoms with E-state index in [0.29, 0.717) is 16.9 Å². The van der Waals surface area contributed by atoms with Crippen molar-refractivity contribution in [3.05, 3.63) is 29.8 Å². The Morgan fingerprint density at radius 2 is 1.90 bits per heavy atom. The summed E-state index contributed by atoms with van der Waals surface area (Å²) >= 11 is 0. The van der Waals surface area contributed by atoms with E-state index in [9.17, 15) is 8.42 Å². The van der Waals surface area contributed by atoms with Crippen molar-refractivity contribution >= 4 is 9.84 Å². The Balaban J connectivity index is 2.08. The zero-order chi connectivity index (χ0) is 14.8. The molecule has 1 N–H and O–H groups in total. The molecule has 2 atom stereocenters. The van der Waals surface area contributed by atoms with E-state index in [2.05, 4.69) is 19.2 Å². The van der Waals surface area contributed by atoms with Crippen LogP contribution in [0.4, 0.5) is 0 Å². The van der Waals surface area contributed by atoms with Gasteiger partial charge in [-0.15, -0.1) is 0 Å². The standard InChI is InChI=1S/C15H23NO3S/c1-11(2)14-8-9-19-15(10-16-14)12-4-6-13(7-5-12)20(3,17)18/h4-7,11,14-16H,8-10H2,1-3H3. The highest BCUT2D eigenvalue weighted by Gasteiger charge is 2.22. The molecule has 1 heterocycles. The highest BCUT2D eigenvalue weighted by atomic mass is 32.2. The third-order valence-corrected chi connectivity index (χ3v) is 4.93. The predicted octanol–water partition coefficient (Wildman–Crippen LogP) is 2.17. The molecule has 1 aromatic carbocycles. The van der Waals surface area contributed by atoms with Gasteiger partial charge in [0.05, 0.1) is 11.0 Å². The minimum atomic E-state index is -3.13. The number of rotatable bonds is 3. The van der Waals surface area contributed by atoms with Crippen LogP contribution in [-0.4, -0.2) is 33.9 Å². The van der Waals surface area contributed by atoms with E-state index in [4.69, 9.17) is 4.74 Å². The Labute approximate surface area is 121 Å². The van der Waals surface area contributed by atoms with Crippen LogP contribution < -0.4 is 5.32 Å². The Hall–Kier alpha value is -0.910. The highest BCUT2D eigenvalue weighted by Crippen LogP contribution is 2.23. The van der Waals surface area contributed by atoms with Gasteiger partial charge in [-0.2, -0.15) is 0 Å². The molecule has 4 nitrogen and oxygen atoms in total. The number of benzene rings is 1. The van der Waals surface area contributed by atoms with Crippen molar-refractivity contribution in [1.82, 2.24) is 5.32 Å². The van der Waals surface area contributed by atoms with E-state index in [0.717, 1.165) is 25.1 Å². The zero-order valence-electron chi connectivity index (χ0n) is 12.3. The second-order valence-electron chi connectivity index (χ2n) is 5.75. The van der Waals surface area contributed by atoms with Gasteiger partial charge in [-0.05, 0) is 30.0 Å². The van der Waals surface area contributed by atoms with E-state index in [1.165, 1.54) is 6.26 Å². The minimum absolute atomic E-state index is 0.00707. The first-order valence-corrected chi connectivity index (χ1v) is 8.92. The molecule has 0 bridgehead atoms. The smallest absolute Gasteiger partial charge is 0.175 e. The first kappa shape index (κ1) is 15.5. The molecule has 1 fully saturated rings. The fourth-order valence-electron chi connectivity index (χ4n) is 2.47. The average molecular weight is 297 g/mol. The SMILES string of the molecule is CC(C)C1CCOC(c2ccc(S(C)(=O)=O)cc2)CN1. The van der Waals surface area contributed by atoms with Crippen LogP contribution in [0.3, 0.4) is 0 Å². The van der Waals surface area contributed by atoms with Gasteiger partial charge in [0.2, 0.25) is 0 Å². The largest absolute Gasteiger partial charge is 0.372 e. The van der Waals surface area contributed by atoms with Gasteiger partial charge in [-0.3, -0.25) is 0 Å². The number of hydrogen-bond acceptors (Lipinski definition) is 4. The molecular formula is C15H23NO3S. The third-order valence-electron chi connectivity index (χ3n) is 3.80. The first-order valence-electron chi connectivity index (χ1n) is 7.03. The third kappa shape index (κ3) is 3.81. The second-order valence-corrected chi connectivity index (χ2v) is 7.76. The molecule has 5 heteroatoms. The number of nitrogens with one attached hydrogen (secondary N) is 1.